The summed E-state index contributed by atoms with van der Waals surface area (Å²) in [4.78, 5) is 11.6. The van der Waals surface area contributed by atoms with Gasteiger partial charge in [-0.3, -0.25) is 4.79 Å². The Balaban J connectivity index is 2.31. The molecule has 0 spiro atoms. The van der Waals surface area contributed by atoms with Gasteiger partial charge in [0.2, 0.25) is 0 Å². The number of carbonyl (C=O) groups is 1. The summed E-state index contributed by atoms with van der Waals surface area (Å²) >= 11 is 5.58. The fraction of sp³-hybridized carbons (Fsp3) is 0.364. The van der Waals surface area contributed by atoms with E-state index in [0.29, 0.717) is 0 Å². The fourth-order valence-electron chi connectivity index (χ4n) is 1.74. The van der Waals surface area contributed by atoms with Crippen molar-refractivity contribution in [2.24, 2.45) is 0 Å². The molecule has 0 unspecified atom stereocenters. The van der Waals surface area contributed by atoms with Crippen LogP contribution in [0.5, 0.6) is 0 Å². The third-order valence-electron chi connectivity index (χ3n) is 2.73. The van der Waals surface area contributed by atoms with Crippen LogP contribution in [0, 0.1) is 0 Å². The van der Waals surface area contributed by atoms with Gasteiger partial charge in [-0.15, -0.1) is 11.6 Å². The van der Waals surface area contributed by atoms with Crippen molar-refractivity contribution in [3.05, 3.63) is 35.9 Å². The Kier molecular flexibility index (Phi) is 2.12. The van der Waals surface area contributed by atoms with Crippen LogP contribution >= 0.6 is 11.6 Å². The second-order valence-electron chi connectivity index (χ2n) is 3.50. The summed E-state index contributed by atoms with van der Waals surface area (Å²) in [5.74, 6) is 0.301. The number of benzene rings is 1. The molecule has 0 radical (unpaired) electrons. The quantitative estimate of drug-likeness (QED) is 0.676. The first-order valence-corrected chi connectivity index (χ1v) is 4.98. The summed E-state index contributed by atoms with van der Waals surface area (Å²) in [6.07, 6.45) is 1.92. The van der Waals surface area contributed by atoms with Gasteiger partial charge in [0, 0.05) is 0 Å². The van der Waals surface area contributed by atoms with Gasteiger partial charge in [0.05, 0.1) is 11.3 Å². The van der Waals surface area contributed by atoms with Crippen molar-refractivity contribution in [3.8, 4) is 0 Å². The van der Waals surface area contributed by atoms with Crippen molar-refractivity contribution in [3.63, 3.8) is 0 Å². The predicted octanol–water partition coefficient (Wildman–Crippen LogP) is 2.53. The smallest absolute Gasteiger partial charge is 0.158 e. The normalized spacial score (nSPS) is 18.2. The van der Waals surface area contributed by atoms with E-state index >= 15 is 0 Å². The van der Waals surface area contributed by atoms with Gasteiger partial charge in [-0.2, -0.15) is 0 Å². The lowest BCUT2D eigenvalue weighted by Gasteiger charge is -2.11. The Morgan fingerprint density at radius 2 is 1.92 bits per heavy atom. The maximum Gasteiger partial charge on any atom is 0.158 e. The van der Waals surface area contributed by atoms with Gasteiger partial charge in [0.25, 0.3) is 0 Å². The number of alkyl halides is 1. The monoisotopic (exact) mass is 194 g/mol. The molecule has 1 aliphatic rings. The topological polar surface area (TPSA) is 17.1 Å². The molecule has 0 atom stereocenters. The Morgan fingerprint density at radius 1 is 1.31 bits per heavy atom. The van der Waals surface area contributed by atoms with Crippen molar-refractivity contribution in [2.75, 3.05) is 5.88 Å². The summed E-state index contributed by atoms with van der Waals surface area (Å²) in [7, 11) is 0. The minimum Gasteiger partial charge on any atom is -0.297 e. The van der Waals surface area contributed by atoms with E-state index in [0.717, 1.165) is 18.4 Å². The first-order valence-electron chi connectivity index (χ1n) is 4.44. The molecule has 1 aromatic rings. The maximum atomic E-state index is 11.6. The molecule has 1 aliphatic carbocycles. The number of ketones is 1. The molecule has 0 bridgehead atoms. The molecule has 0 heterocycles. The van der Waals surface area contributed by atoms with Crippen LogP contribution in [0.25, 0.3) is 0 Å². The predicted molar refractivity (Wildman–Crippen MR) is 53.1 cm³/mol. The van der Waals surface area contributed by atoms with Crippen LogP contribution in [0.15, 0.2) is 30.3 Å². The van der Waals surface area contributed by atoms with Gasteiger partial charge in [-0.1, -0.05) is 30.3 Å². The Labute approximate surface area is 82.7 Å². The molecule has 0 aromatic heterocycles. The lowest BCUT2D eigenvalue weighted by atomic mass is 9.92. The number of rotatable bonds is 3. The molecule has 1 fully saturated rings. The van der Waals surface area contributed by atoms with Crippen LogP contribution in [-0.2, 0) is 10.2 Å². The molecular weight excluding hydrogens is 184 g/mol. The van der Waals surface area contributed by atoms with E-state index in [2.05, 4.69) is 0 Å². The van der Waals surface area contributed by atoms with E-state index in [1.807, 2.05) is 30.3 Å². The zero-order chi connectivity index (χ0) is 9.31. The van der Waals surface area contributed by atoms with E-state index in [1.54, 1.807) is 0 Å². The number of hydrogen-bond donors (Lipinski definition) is 0. The van der Waals surface area contributed by atoms with Crippen LogP contribution in [0.4, 0.5) is 0 Å². The van der Waals surface area contributed by atoms with Crippen LogP contribution in [-0.4, -0.2) is 11.7 Å². The highest BCUT2D eigenvalue weighted by Gasteiger charge is 2.49. The highest BCUT2D eigenvalue weighted by atomic mass is 35.5. The number of hydrogen-bond acceptors (Lipinski definition) is 1. The van der Waals surface area contributed by atoms with Crippen molar-refractivity contribution in [1.82, 2.24) is 0 Å². The molecule has 13 heavy (non-hydrogen) atoms. The van der Waals surface area contributed by atoms with E-state index < -0.39 is 0 Å². The second kappa shape index (κ2) is 3.15. The number of Topliss-reactive ketones (excluding diaryl/α,β-unsaturated/α-hetero) is 1. The molecule has 2 rings (SSSR count). The van der Waals surface area contributed by atoms with Gasteiger partial charge in [-0.05, 0) is 18.4 Å². The fourth-order valence-corrected chi connectivity index (χ4v) is 1.99. The highest BCUT2D eigenvalue weighted by Crippen LogP contribution is 2.48. The zero-order valence-electron chi connectivity index (χ0n) is 7.29. The van der Waals surface area contributed by atoms with Crippen LogP contribution < -0.4 is 0 Å². The van der Waals surface area contributed by atoms with Crippen molar-refractivity contribution in [1.29, 1.82) is 0 Å². The minimum atomic E-state index is -0.219. The minimum absolute atomic E-state index is 0.134. The van der Waals surface area contributed by atoms with Gasteiger partial charge in [0.15, 0.2) is 5.78 Å². The summed E-state index contributed by atoms with van der Waals surface area (Å²) in [6, 6.07) is 9.92. The molecule has 0 saturated heterocycles. The van der Waals surface area contributed by atoms with Gasteiger partial charge >= 0.3 is 0 Å². The van der Waals surface area contributed by atoms with Gasteiger partial charge in [0.1, 0.15) is 0 Å². The van der Waals surface area contributed by atoms with E-state index in [9.17, 15) is 4.79 Å². The molecule has 1 aromatic carbocycles. The van der Waals surface area contributed by atoms with Crippen LogP contribution in [0.3, 0.4) is 0 Å². The first kappa shape index (κ1) is 8.76. The molecule has 68 valence electrons. The van der Waals surface area contributed by atoms with E-state index in [4.69, 9.17) is 11.6 Å². The molecule has 0 aliphatic heterocycles. The lowest BCUT2D eigenvalue weighted by molar-refractivity contribution is -0.119. The van der Waals surface area contributed by atoms with E-state index in [1.165, 1.54) is 0 Å². The van der Waals surface area contributed by atoms with Gasteiger partial charge < -0.3 is 0 Å². The first-order chi connectivity index (χ1) is 6.29. The Hall–Kier alpha value is -0.820. The largest absolute Gasteiger partial charge is 0.297 e. The van der Waals surface area contributed by atoms with Crippen molar-refractivity contribution in [2.45, 2.75) is 18.3 Å². The standard InChI is InChI=1S/C11H11ClO/c12-8-10(13)11(6-7-11)9-4-2-1-3-5-9/h1-5H,6-8H2. The van der Waals surface area contributed by atoms with Crippen molar-refractivity contribution >= 4 is 17.4 Å². The third kappa shape index (κ3) is 1.37. The molecular formula is C11H11ClO. The van der Waals surface area contributed by atoms with Crippen molar-refractivity contribution < 1.29 is 4.79 Å². The van der Waals surface area contributed by atoms with Gasteiger partial charge in [-0.25, -0.2) is 0 Å². The Bertz CT molecular complexity index is 314. The van der Waals surface area contributed by atoms with Crippen LogP contribution in [0.2, 0.25) is 0 Å². The SMILES string of the molecule is O=C(CCl)C1(c2ccccc2)CC1. The molecule has 1 nitrogen and oxygen atoms in total. The average molecular weight is 195 g/mol. The molecule has 1 saturated carbocycles. The zero-order valence-corrected chi connectivity index (χ0v) is 8.05. The average Bonchev–Trinajstić information content (AvgIpc) is 2.99. The molecule has 0 N–H and O–H groups in total. The van der Waals surface area contributed by atoms with E-state index in [-0.39, 0.29) is 17.1 Å². The second-order valence-corrected chi connectivity index (χ2v) is 3.77. The third-order valence-corrected chi connectivity index (χ3v) is 2.97. The highest BCUT2D eigenvalue weighted by molar-refractivity contribution is 6.29. The number of halogens is 1. The summed E-state index contributed by atoms with van der Waals surface area (Å²) in [6.45, 7) is 0. The van der Waals surface area contributed by atoms with Crippen LogP contribution in [0.1, 0.15) is 18.4 Å². The lowest BCUT2D eigenvalue weighted by Crippen LogP contribution is -2.21. The number of carbonyl (C=O) groups excluding carboxylic acids is 1. The summed E-state index contributed by atoms with van der Waals surface area (Å²) in [5.41, 5.74) is 0.906. The summed E-state index contributed by atoms with van der Waals surface area (Å²) < 4.78 is 0. The molecule has 0 amide bonds. The maximum absolute atomic E-state index is 11.6. The Morgan fingerprint density at radius 3 is 2.38 bits per heavy atom. The summed E-state index contributed by atoms with van der Waals surface area (Å²) in [5, 5.41) is 0. The molecule has 2 heteroatoms.